The van der Waals surface area contributed by atoms with E-state index in [9.17, 15) is 19.2 Å². The first-order chi connectivity index (χ1) is 20.2. The van der Waals surface area contributed by atoms with E-state index < -0.39 is 11.8 Å². The average molecular weight is 619 g/mol. The van der Waals surface area contributed by atoms with Gasteiger partial charge in [-0.05, 0) is 79.2 Å². The molecule has 0 atom stereocenters. The Morgan fingerprint density at radius 3 is 2.19 bits per heavy atom. The molecule has 0 saturated heterocycles. The average Bonchev–Trinajstić information content (AvgIpc) is 2.99. The van der Waals surface area contributed by atoms with Crippen LogP contribution in [0.25, 0.3) is 6.08 Å². The lowest BCUT2D eigenvalue weighted by Crippen LogP contribution is -2.30. The lowest BCUT2D eigenvalue weighted by molar-refractivity contribution is -0.114. The largest absolute Gasteiger partial charge is 0.325 e. The normalized spacial score (nSPS) is 11.0. The van der Waals surface area contributed by atoms with Gasteiger partial charge in [0.05, 0.1) is 15.8 Å². The number of amides is 3. The summed E-state index contributed by atoms with van der Waals surface area (Å²) in [7, 11) is 0. The number of benzene rings is 4. The van der Waals surface area contributed by atoms with Gasteiger partial charge in [0, 0.05) is 27.4 Å². The molecule has 0 aliphatic carbocycles. The smallest absolute Gasteiger partial charge is 0.272 e. The van der Waals surface area contributed by atoms with E-state index in [-0.39, 0.29) is 28.2 Å². The van der Waals surface area contributed by atoms with Gasteiger partial charge in [-0.2, -0.15) is 0 Å². The Morgan fingerprint density at radius 2 is 1.48 bits per heavy atom. The van der Waals surface area contributed by atoms with Crippen molar-refractivity contribution in [2.75, 3.05) is 16.4 Å². The predicted octanol–water partition coefficient (Wildman–Crippen LogP) is 7.34. The van der Waals surface area contributed by atoms with E-state index in [2.05, 4.69) is 16.0 Å². The van der Waals surface area contributed by atoms with Crippen LogP contribution in [0.5, 0.6) is 0 Å². The van der Waals surface area contributed by atoms with Crippen molar-refractivity contribution >= 4 is 75.9 Å². The molecule has 0 bridgehead atoms. The Bertz CT molecular complexity index is 1660. The van der Waals surface area contributed by atoms with Crippen LogP contribution in [-0.4, -0.2) is 29.3 Å². The van der Waals surface area contributed by atoms with Gasteiger partial charge in [0.1, 0.15) is 5.70 Å². The first kappa shape index (κ1) is 30.6. The quantitative estimate of drug-likeness (QED) is 0.0981. The van der Waals surface area contributed by atoms with Crippen LogP contribution in [-0.2, 0) is 9.59 Å². The summed E-state index contributed by atoms with van der Waals surface area (Å²) >= 11 is 13.8. The topological polar surface area (TPSA) is 104 Å². The van der Waals surface area contributed by atoms with Crippen molar-refractivity contribution in [3.05, 3.63) is 129 Å². The maximum atomic E-state index is 13.4. The molecule has 0 saturated carbocycles. The number of anilines is 2. The fraction of sp³-hybridized carbons (Fsp3) is 0.0625. The maximum absolute atomic E-state index is 13.4. The van der Waals surface area contributed by atoms with Crippen LogP contribution in [0.2, 0.25) is 10.0 Å². The molecular formula is C32H25Cl2N3O4S. The van der Waals surface area contributed by atoms with E-state index in [0.717, 1.165) is 4.90 Å². The first-order valence-electron chi connectivity index (χ1n) is 12.7. The highest BCUT2D eigenvalue weighted by molar-refractivity contribution is 8.00. The lowest BCUT2D eigenvalue weighted by Gasteiger charge is -2.13. The third-order valence-corrected chi connectivity index (χ3v) is 7.67. The Labute approximate surface area is 257 Å². The number of carbonyl (C=O) groups excluding carboxylic acids is 4. The molecule has 0 unspecified atom stereocenters. The van der Waals surface area contributed by atoms with E-state index in [1.165, 1.54) is 24.8 Å². The van der Waals surface area contributed by atoms with Crippen molar-refractivity contribution in [3.8, 4) is 0 Å². The molecule has 4 aromatic carbocycles. The lowest BCUT2D eigenvalue weighted by atomic mass is 10.1. The van der Waals surface area contributed by atoms with E-state index in [1.54, 1.807) is 91.0 Å². The molecule has 3 amide bonds. The molecular weight excluding hydrogens is 593 g/mol. The zero-order valence-corrected chi connectivity index (χ0v) is 24.6. The van der Waals surface area contributed by atoms with Gasteiger partial charge in [0.15, 0.2) is 5.78 Å². The third-order valence-electron chi connectivity index (χ3n) is 5.85. The fourth-order valence-corrected chi connectivity index (χ4v) is 4.84. The number of nitrogens with one attached hydrogen (secondary N) is 3. The summed E-state index contributed by atoms with van der Waals surface area (Å²) in [6, 6.07) is 27.1. The van der Waals surface area contributed by atoms with E-state index in [4.69, 9.17) is 23.2 Å². The van der Waals surface area contributed by atoms with Crippen LogP contribution in [0.3, 0.4) is 0 Å². The minimum atomic E-state index is -0.579. The number of Topliss-reactive ketones (excluding diaryl/α,β-unsaturated/α-hetero) is 1. The summed E-state index contributed by atoms with van der Waals surface area (Å²) in [4.78, 5) is 50.9. The molecule has 7 nitrogen and oxygen atoms in total. The van der Waals surface area contributed by atoms with Gasteiger partial charge in [0.25, 0.3) is 11.8 Å². The van der Waals surface area contributed by atoms with E-state index in [0.29, 0.717) is 33.1 Å². The number of ketones is 1. The molecule has 0 spiro atoms. The molecule has 0 heterocycles. The van der Waals surface area contributed by atoms with Gasteiger partial charge in [-0.25, -0.2) is 0 Å². The molecule has 0 aromatic heterocycles. The number of thioether (sulfide) groups is 1. The second-order valence-electron chi connectivity index (χ2n) is 8.97. The minimum Gasteiger partial charge on any atom is -0.325 e. The zero-order chi connectivity index (χ0) is 30.1. The zero-order valence-electron chi connectivity index (χ0n) is 22.3. The fourth-order valence-electron chi connectivity index (χ4n) is 3.73. The van der Waals surface area contributed by atoms with Crippen molar-refractivity contribution < 1.29 is 19.2 Å². The monoisotopic (exact) mass is 617 g/mol. The van der Waals surface area contributed by atoms with Gasteiger partial charge in [-0.1, -0.05) is 59.6 Å². The van der Waals surface area contributed by atoms with Crippen molar-refractivity contribution in [3.63, 3.8) is 0 Å². The highest BCUT2D eigenvalue weighted by Crippen LogP contribution is 2.28. The van der Waals surface area contributed by atoms with Gasteiger partial charge in [0.2, 0.25) is 5.91 Å². The Morgan fingerprint density at radius 1 is 0.762 bits per heavy atom. The predicted molar refractivity (Wildman–Crippen MR) is 169 cm³/mol. The molecule has 4 rings (SSSR count). The van der Waals surface area contributed by atoms with Crippen molar-refractivity contribution in [1.82, 2.24) is 5.32 Å². The Balaban J connectivity index is 1.45. The highest BCUT2D eigenvalue weighted by atomic mass is 35.5. The summed E-state index contributed by atoms with van der Waals surface area (Å²) in [6.45, 7) is 1.48. The number of hydrogen-bond acceptors (Lipinski definition) is 5. The molecule has 3 N–H and O–H groups in total. The molecule has 0 fully saturated rings. The van der Waals surface area contributed by atoms with Crippen LogP contribution >= 0.6 is 35.0 Å². The van der Waals surface area contributed by atoms with Crippen molar-refractivity contribution in [2.45, 2.75) is 11.8 Å². The standard InChI is InChI=1S/C32H25Cl2N3O4S/c1-20(38)21-13-15-24(16-14-21)35-29(39)19-42-26-11-6-10-25(18-26)36-32(41)28(17-23-9-5-12-27(33)30(23)34)37-31(40)22-7-3-2-4-8-22/h2-18H,19H2,1H3,(H,35,39)(H,36,41)(H,37,40)/b28-17+. The molecule has 42 heavy (non-hydrogen) atoms. The summed E-state index contributed by atoms with van der Waals surface area (Å²) in [5.74, 6) is -1.20. The van der Waals surface area contributed by atoms with Gasteiger partial charge in [-0.15, -0.1) is 11.8 Å². The second kappa shape index (κ2) is 14.5. The highest BCUT2D eigenvalue weighted by Gasteiger charge is 2.17. The Hall–Kier alpha value is -4.37. The summed E-state index contributed by atoms with van der Waals surface area (Å²) in [5.41, 5.74) is 2.40. The van der Waals surface area contributed by atoms with Crippen LogP contribution in [0.15, 0.2) is 108 Å². The van der Waals surface area contributed by atoms with E-state index in [1.807, 2.05) is 6.07 Å². The van der Waals surface area contributed by atoms with Gasteiger partial charge < -0.3 is 16.0 Å². The van der Waals surface area contributed by atoms with Crippen LogP contribution in [0.1, 0.15) is 33.2 Å². The molecule has 0 radical (unpaired) electrons. The number of hydrogen-bond donors (Lipinski definition) is 3. The molecule has 0 aliphatic rings. The van der Waals surface area contributed by atoms with Gasteiger partial charge >= 0.3 is 0 Å². The Kier molecular flexibility index (Phi) is 10.6. The van der Waals surface area contributed by atoms with Crippen molar-refractivity contribution in [1.29, 1.82) is 0 Å². The molecule has 212 valence electrons. The minimum absolute atomic E-state index is 0.0405. The molecule has 0 aliphatic heterocycles. The maximum Gasteiger partial charge on any atom is 0.272 e. The third kappa shape index (κ3) is 8.57. The molecule has 10 heteroatoms. The van der Waals surface area contributed by atoms with Crippen molar-refractivity contribution in [2.24, 2.45) is 0 Å². The summed E-state index contributed by atoms with van der Waals surface area (Å²) < 4.78 is 0. The number of rotatable bonds is 10. The molecule has 4 aromatic rings. The number of carbonyl (C=O) groups is 4. The first-order valence-corrected chi connectivity index (χ1v) is 14.4. The summed E-state index contributed by atoms with van der Waals surface area (Å²) in [6.07, 6.45) is 1.45. The summed E-state index contributed by atoms with van der Waals surface area (Å²) in [5, 5.41) is 8.81. The van der Waals surface area contributed by atoms with E-state index >= 15 is 0 Å². The second-order valence-corrected chi connectivity index (χ2v) is 10.8. The van der Waals surface area contributed by atoms with Gasteiger partial charge in [-0.3, -0.25) is 19.2 Å². The van der Waals surface area contributed by atoms with Crippen LogP contribution in [0.4, 0.5) is 11.4 Å². The SMILES string of the molecule is CC(=O)c1ccc(NC(=O)CSc2cccc(NC(=O)/C(=C\c3cccc(Cl)c3Cl)NC(=O)c3ccccc3)c2)cc1. The number of halogens is 2. The van der Waals surface area contributed by atoms with Crippen LogP contribution < -0.4 is 16.0 Å². The van der Waals surface area contributed by atoms with Crippen LogP contribution in [0, 0.1) is 0 Å².